The van der Waals surface area contributed by atoms with E-state index in [-0.39, 0.29) is 13.2 Å². The first-order chi connectivity index (χ1) is 18.3. The topological polar surface area (TPSA) is 59.9 Å². The van der Waals surface area contributed by atoms with E-state index in [1.165, 1.54) is 6.21 Å². The van der Waals surface area contributed by atoms with Gasteiger partial charge in [0.05, 0.1) is 20.7 Å². The molecule has 1 N–H and O–H groups in total. The van der Waals surface area contributed by atoms with Crippen molar-refractivity contribution in [3.8, 4) is 11.5 Å². The Bertz CT molecular complexity index is 1480. The van der Waals surface area contributed by atoms with Gasteiger partial charge in [0.2, 0.25) is 0 Å². The largest absolute Gasteiger partial charge is 0.488 e. The number of carbonyl (C=O) groups is 1. The zero-order valence-corrected chi connectivity index (χ0v) is 25.0. The highest BCUT2D eigenvalue weighted by Gasteiger charge is 2.13. The Morgan fingerprint density at radius 3 is 2.21 bits per heavy atom. The van der Waals surface area contributed by atoms with Gasteiger partial charge in [0.15, 0.2) is 0 Å². The van der Waals surface area contributed by atoms with Gasteiger partial charge in [-0.15, -0.1) is 0 Å². The fourth-order valence-electron chi connectivity index (χ4n) is 3.36. The molecule has 4 rings (SSSR count). The van der Waals surface area contributed by atoms with Crippen molar-refractivity contribution < 1.29 is 14.3 Å². The number of halogens is 5. The van der Waals surface area contributed by atoms with Crippen molar-refractivity contribution in [3.63, 3.8) is 0 Å². The molecule has 0 fully saturated rings. The molecule has 0 aliphatic rings. The Kier molecular flexibility index (Phi) is 10.1. The lowest BCUT2D eigenvalue weighted by Gasteiger charge is -2.12. The number of amides is 1. The lowest BCUT2D eigenvalue weighted by Crippen LogP contribution is -2.18. The molecule has 0 aromatic heterocycles. The van der Waals surface area contributed by atoms with E-state index in [1.54, 1.807) is 42.5 Å². The van der Waals surface area contributed by atoms with Gasteiger partial charge in [0, 0.05) is 26.2 Å². The van der Waals surface area contributed by atoms with Crippen LogP contribution in [0.3, 0.4) is 0 Å². The molecule has 0 aliphatic carbocycles. The van der Waals surface area contributed by atoms with Gasteiger partial charge in [-0.1, -0.05) is 71.2 Å². The molecule has 1 amide bonds. The van der Waals surface area contributed by atoms with Crippen molar-refractivity contribution in [1.82, 2.24) is 5.43 Å². The zero-order chi connectivity index (χ0) is 27.1. The van der Waals surface area contributed by atoms with Crippen LogP contribution in [0.5, 0.6) is 11.5 Å². The Morgan fingerprint density at radius 2 is 1.47 bits per heavy atom. The summed E-state index contributed by atoms with van der Waals surface area (Å²) >= 11 is 25.5. The van der Waals surface area contributed by atoms with E-state index in [0.717, 1.165) is 16.7 Å². The predicted octanol–water partition coefficient (Wildman–Crippen LogP) is 9.09. The van der Waals surface area contributed by atoms with Crippen molar-refractivity contribution in [1.29, 1.82) is 0 Å². The summed E-state index contributed by atoms with van der Waals surface area (Å²) in [7, 11) is 0. The van der Waals surface area contributed by atoms with Gasteiger partial charge in [0.1, 0.15) is 24.7 Å². The summed E-state index contributed by atoms with van der Waals surface area (Å²) in [6.45, 7) is 0.489. The third-order valence-corrected chi connectivity index (χ3v) is 7.39. The average Bonchev–Trinajstić information content (AvgIpc) is 2.89. The second kappa shape index (κ2) is 13.5. The number of hydrogen-bond donors (Lipinski definition) is 1. The number of nitrogens with one attached hydrogen (secondary N) is 1. The van der Waals surface area contributed by atoms with E-state index in [4.69, 9.17) is 44.3 Å². The van der Waals surface area contributed by atoms with Crippen LogP contribution < -0.4 is 14.9 Å². The van der Waals surface area contributed by atoms with Crippen molar-refractivity contribution in [2.45, 2.75) is 13.2 Å². The molecule has 0 radical (unpaired) electrons. The maximum atomic E-state index is 12.8. The molecule has 0 aliphatic heterocycles. The molecule has 194 valence electrons. The second-order valence-corrected chi connectivity index (χ2v) is 10.9. The first-order valence-corrected chi connectivity index (χ1v) is 13.9. The van der Waals surface area contributed by atoms with Gasteiger partial charge in [-0.05, 0) is 79.9 Å². The molecule has 0 atom stereocenters. The normalized spacial score (nSPS) is 11.0. The number of para-hydroxylation sites is 1. The molecule has 0 saturated carbocycles. The first-order valence-electron chi connectivity index (χ1n) is 11.2. The fourth-order valence-corrected chi connectivity index (χ4v) is 5.46. The van der Waals surface area contributed by atoms with Crippen molar-refractivity contribution >= 4 is 78.8 Å². The van der Waals surface area contributed by atoms with E-state index < -0.39 is 5.91 Å². The maximum absolute atomic E-state index is 12.8. The summed E-state index contributed by atoms with van der Waals surface area (Å²) in [4.78, 5) is 12.8. The minimum absolute atomic E-state index is 0.230. The van der Waals surface area contributed by atoms with Crippen LogP contribution in [-0.4, -0.2) is 12.1 Å². The highest BCUT2D eigenvalue weighted by atomic mass is 79.9. The van der Waals surface area contributed by atoms with Gasteiger partial charge in [-0.25, -0.2) is 5.43 Å². The molecular formula is C28H19Br2Cl3N2O3. The van der Waals surface area contributed by atoms with Crippen LogP contribution in [0.2, 0.25) is 15.1 Å². The molecule has 0 spiro atoms. The van der Waals surface area contributed by atoms with Crippen molar-refractivity contribution in [3.05, 3.63) is 125 Å². The Morgan fingerprint density at radius 1 is 0.816 bits per heavy atom. The molecule has 0 saturated heterocycles. The molecule has 4 aromatic carbocycles. The summed E-state index contributed by atoms with van der Waals surface area (Å²) in [6.07, 6.45) is 1.53. The van der Waals surface area contributed by atoms with E-state index in [0.29, 0.717) is 41.1 Å². The molecule has 5 nitrogen and oxygen atoms in total. The number of nitrogens with zero attached hydrogens (tertiary/aromatic N) is 1. The second-order valence-electron chi connectivity index (χ2n) is 7.91. The third-order valence-electron chi connectivity index (χ3n) is 5.26. The lowest BCUT2D eigenvalue weighted by molar-refractivity contribution is 0.0950. The number of carbonyl (C=O) groups excluding carboxylic acids is 1. The third kappa shape index (κ3) is 7.52. The molecule has 10 heteroatoms. The van der Waals surface area contributed by atoms with Gasteiger partial charge in [0.25, 0.3) is 5.91 Å². The zero-order valence-electron chi connectivity index (χ0n) is 19.6. The fraction of sp³-hybridized carbons (Fsp3) is 0.0714. The van der Waals surface area contributed by atoms with Crippen LogP contribution in [0.4, 0.5) is 0 Å². The van der Waals surface area contributed by atoms with Gasteiger partial charge in [-0.3, -0.25) is 4.79 Å². The van der Waals surface area contributed by atoms with Gasteiger partial charge in [-0.2, -0.15) is 5.10 Å². The molecule has 0 unspecified atom stereocenters. The summed E-state index contributed by atoms with van der Waals surface area (Å²) in [6, 6.07) is 23.2. The van der Waals surface area contributed by atoms with Gasteiger partial charge >= 0.3 is 0 Å². The highest BCUT2D eigenvalue weighted by molar-refractivity contribution is 9.11. The molecule has 0 bridgehead atoms. The monoisotopic (exact) mass is 694 g/mol. The van der Waals surface area contributed by atoms with Crippen LogP contribution in [0, 0.1) is 0 Å². The SMILES string of the molecule is O=C(N/N=C/c1cc(Br)c(OCc2ccc(Cl)cc2Cl)c(Br)c1)c1ccccc1OCc1ccccc1Cl. The predicted molar refractivity (Wildman–Crippen MR) is 160 cm³/mol. The highest BCUT2D eigenvalue weighted by Crippen LogP contribution is 2.35. The minimum atomic E-state index is -0.408. The van der Waals surface area contributed by atoms with E-state index in [9.17, 15) is 4.79 Å². The standard InChI is InChI=1S/C28H19Br2Cl3N2O3/c29-22-11-17(12-23(30)27(22)38-16-19-9-10-20(31)13-25(19)33)14-34-35-28(36)21-6-2-4-8-26(21)37-15-18-5-1-3-7-24(18)32/h1-14H,15-16H2,(H,35,36)/b34-14+. The van der Waals surface area contributed by atoms with Crippen LogP contribution in [0.1, 0.15) is 27.0 Å². The molecular weight excluding hydrogens is 678 g/mol. The molecule has 4 aromatic rings. The summed E-state index contributed by atoms with van der Waals surface area (Å²) < 4.78 is 13.2. The van der Waals surface area contributed by atoms with Crippen LogP contribution in [-0.2, 0) is 13.2 Å². The smallest absolute Gasteiger partial charge is 0.275 e. The number of benzene rings is 4. The maximum Gasteiger partial charge on any atom is 0.275 e. The Balaban J connectivity index is 1.39. The van der Waals surface area contributed by atoms with Crippen molar-refractivity contribution in [2.24, 2.45) is 5.10 Å². The lowest BCUT2D eigenvalue weighted by atomic mass is 10.2. The van der Waals surface area contributed by atoms with E-state index in [2.05, 4.69) is 42.4 Å². The average molecular weight is 698 g/mol. The Hall–Kier alpha value is -2.55. The van der Waals surface area contributed by atoms with Crippen LogP contribution >= 0.6 is 66.7 Å². The number of hydrogen-bond acceptors (Lipinski definition) is 4. The molecule has 0 heterocycles. The first kappa shape index (κ1) is 28.5. The van der Waals surface area contributed by atoms with Crippen LogP contribution in [0.15, 0.2) is 92.9 Å². The Labute approximate surface area is 252 Å². The van der Waals surface area contributed by atoms with E-state index >= 15 is 0 Å². The summed E-state index contributed by atoms with van der Waals surface area (Å²) in [5.74, 6) is 0.614. The van der Waals surface area contributed by atoms with E-state index in [1.807, 2.05) is 36.4 Å². The van der Waals surface area contributed by atoms with Crippen molar-refractivity contribution in [2.75, 3.05) is 0 Å². The number of ether oxygens (including phenoxy) is 2. The molecule has 38 heavy (non-hydrogen) atoms. The minimum Gasteiger partial charge on any atom is -0.488 e. The summed E-state index contributed by atoms with van der Waals surface area (Å²) in [5.41, 5.74) is 5.25. The number of hydrazone groups is 1. The quantitative estimate of drug-likeness (QED) is 0.140. The van der Waals surface area contributed by atoms with Gasteiger partial charge < -0.3 is 9.47 Å². The van der Waals surface area contributed by atoms with Crippen LogP contribution in [0.25, 0.3) is 0 Å². The number of rotatable bonds is 9. The summed E-state index contributed by atoms with van der Waals surface area (Å²) in [5, 5.41) is 5.79.